The highest BCUT2D eigenvalue weighted by Gasteiger charge is 2.11. The van der Waals surface area contributed by atoms with Crippen LogP contribution in [0.5, 0.6) is 0 Å². The summed E-state index contributed by atoms with van der Waals surface area (Å²) >= 11 is 0. The lowest BCUT2D eigenvalue weighted by atomic mass is 9.98. The summed E-state index contributed by atoms with van der Waals surface area (Å²) in [5, 5.41) is 8.98. The Balaban J connectivity index is 1.81. The molecule has 0 saturated carbocycles. The zero-order chi connectivity index (χ0) is 19.2. The fourth-order valence-corrected chi connectivity index (χ4v) is 2.91. The fraction of sp³-hybridized carbons (Fsp3) is 0.130. The molecule has 0 heterocycles. The van der Waals surface area contributed by atoms with E-state index in [9.17, 15) is 9.59 Å². The van der Waals surface area contributed by atoms with E-state index in [-0.39, 0.29) is 19.0 Å². The molecule has 0 aliphatic carbocycles. The Morgan fingerprint density at radius 3 is 2.33 bits per heavy atom. The highest BCUT2D eigenvalue weighted by Crippen LogP contribution is 2.24. The first-order valence-electron chi connectivity index (χ1n) is 8.65. The summed E-state index contributed by atoms with van der Waals surface area (Å²) in [6.07, 6.45) is -0.0361. The van der Waals surface area contributed by atoms with Gasteiger partial charge in [0.25, 0.3) is 0 Å². The van der Waals surface area contributed by atoms with Crippen LogP contribution in [0.4, 0.5) is 0 Å². The zero-order valence-corrected chi connectivity index (χ0v) is 15.0. The van der Waals surface area contributed by atoms with Crippen LogP contribution in [0, 0.1) is 6.92 Å². The summed E-state index contributed by atoms with van der Waals surface area (Å²) in [4.78, 5) is 23.4. The molecule has 0 aliphatic rings. The van der Waals surface area contributed by atoms with Crippen molar-refractivity contribution in [3.63, 3.8) is 0 Å². The van der Waals surface area contributed by atoms with Crippen LogP contribution in [-0.4, -0.2) is 17.0 Å². The van der Waals surface area contributed by atoms with Gasteiger partial charge in [0, 0.05) is 0 Å². The highest BCUT2D eigenvalue weighted by molar-refractivity contribution is 5.91. The van der Waals surface area contributed by atoms with Crippen LogP contribution in [0.15, 0.2) is 72.8 Å². The van der Waals surface area contributed by atoms with E-state index in [0.717, 1.165) is 27.8 Å². The van der Waals surface area contributed by atoms with Gasteiger partial charge in [-0.2, -0.15) is 0 Å². The average molecular weight is 360 g/mol. The van der Waals surface area contributed by atoms with Crippen LogP contribution in [0.3, 0.4) is 0 Å². The summed E-state index contributed by atoms with van der Waals surface area (Å²) in [5.41, 5.74) is 4.78. The van der Waals surface area contributed by atoms with E-state index in [2.05, 4.69) is 0 Å². The topological polar surface area (TPSA) is 63.6 Å². The van der Waals surface area contributed by atoms with E-state index in [1.807, 2.05) is 61.5 Å². The van der Waals surface area contributed by atoms with Gasteiger partial charge in [-0.1, -0.05) is 60.7 Å². The number of carboxylic acid groups (broad SMARTS) is 1. The van der Waals surface area contributed by atoms with E-state index in [1.165, 1.54) is 0 Å². The number of ether oxygens (including phenoxy) is 1. The van der Waals surface area contributed by atoms with Crippen molar-refractivity contribution in [3.05, 3.63) is 95.1 Å². The molecule has 136 valence electrons. The van der Waals surface area contributed by atoms with Crippen molar-refractivity contribution in [1.29, 1.82) is 0 Å². The molecule has 0 unspecified atom stereocenters. The van der Waals surface area contributed by atoms with E-state index in [0.29, 0.717) is 5.56 Å². The second-order valence-electron chi connectivity index (χ2n) is 6.42. The summed E-state index contributed by atoms with van der Waals surface area (Å²) in [6.45, 7) is 2.13. The SMILES string of the molecule is Cc1cc(C(=O)OCc2ccccc2)cc(-c2cccc(CC(=O)O)c2)c1. The standard InChI is InChI=1S/C23H20O4/c1-16-10-20(19-9-5-8-18(12-19)13-22(24)25)14-21(11-16)23(26)27-15-17-6-3-2-4-7-17/h2-12,14H,13,15H2,1H3,(H,24,25). The molecule has 0 spiro atoms. The van der Waals surface area contributed by atoms with Gasteiger partial charge >= 0.3 is 11.9 Å². The second-order valence-corrected chi connectivity index (χ2v) is 6.42. The molecule has 3 aromatic rings. The number of rotatable bonds is 6. The van der Waals surface area contributed by atoms with Gasteiger partial charge in [0.1, 0.15) is 6.61 Å². The molecule has 0 bridgehead atoms. The number of esters is 1. The van der Waals surface area contributed by atoms with E-state index in [4.69, 9.17) is 9.84 Å². The Hall–Kier alpha value is -3.40. The zero-order valence-electron chi connectivity index (χ0n) is 15.0. The van der Waals surface area contributed by atoms with Gasteiger partial charge in [0.15, 0.2) is 0 Å². The minimum absolute atomic E-state index is 0.0361. The van der Waals surface area contributed by atoms with Crippen molar-refractivity contribution in [1.82, 2.24) is 0 Å². The van der Waals surface area contributed by atoms with Crippen LogP contribution in [0.25, 0.3) is 11.1 Å². The number of carbonyl (C=O) groups excluding carboxylic acids is 1. The Morgan fingerprint density at radius 1 is 0.852 bits per heavy atom. The lowest BCUT2D eigenvalue weighted by Crippen LogP contribution is -2.06. The van der Waals surface area contributed by atoms with Crippen molar-refractivity contribution < 1.29 is 19.4 Å². The van der Waals surface area contributed by atoms with Crippen LogP contribution in [0.1, 0.15) is 27.0 Å². The molecule has 0 radical (unpaired) electrons. The smallest absolute Gasteiger partial charge is 0.338 e. The Labute approximate surface area is 158 Å². The van der Waals surface area contributed by atoms with Crippen molar-refractivity contribution in [2.24, 2.45) is 0 Å². The minimum Gasteiger partial charge on any atom is -0.481 e. The van der Waals surface area contributed by atoms with Crippen molar-refractivity contribution in [2.45, 2.75) is 20.0 Å². The summed E-state index contributed by atoms with van der Waals surface area (Å²) in [7, 11) is 0. The predicted molar refractivity (Wildman–Crippen MR) is 104 cm³/mol. The Bertz CT molecular complexity index is 961. The Morgan fingerprint density at radius 2 is 1.59 bits per heavy atom. The molecule has 3 aromatic carbocycles. The van der Waals surface area contributed by atoms with Gasteiger partial charge in [-0.25, -0.2) is 4.79 Å². The maximum Gasteiger partial charge on any atom is 0.338 e. The molecule has 0 aliphatic heterocycles. The van der Waals surface area contributed by atoms with Gasteiger partial charge in [-0.05, 0) is 46.9 Å². The molecule has 0 atom stereocenters. The molecular weight excluding hydrogens is 340 g/mol. The molecular formula is C23H20O4. The van der Waals surface area contributed by atoms with E-state index < -0.39 is 5.97 Å². The number of aryl methyl sites for hydroxylation is 1. The van der Waals surface area contributed by atoms with Crippen LogP contribution >= 0.6 is 0 Å². The third-order valence-corrected chi connectivity index (χ3v) is 4.14. The molecule has 4 nitrogen and oxygen atoms in total. The molecule has 0 fully saturated rings. The first-order chi connectivity index (χ1) is 13.0. The van der Waals surface area contributed by atoms with Crippen LogP contribution < -0.4 is 0 Å². The number of aliphatic carboxylic acids is 1. The van der Waals surface area contributed by atoms with Gasteiger partial charge in [-0.15, -0.1) is 0 Å². The van der Waals surface area contributed by atoms with Gasteiger partial charge in [-0.3, -0.25) is 4.79 Å². The maximum absolute atomic E-state index is 12.5. The van der Waals surface area contributed by atoms with Crippen molar-refractivity contribution in [3.8, 4) is 11.1 Å². The van der Waals surface area contributed by atoms with Crippen molar-refractivity contribution in [2.75, 3.05) is 0 Å². The van der Waals surface area contributed by atoms with Gasteiger partial charge in [0.2, 0.25) is 0 Å². The van der Waals surface area contributed by atoms with Crippen LogP contribution in [-0.2, 0) is 22.6 Å². The summed E-state index contributed by atoms with van der Waals surface area (Å²) in [5.74, 6) is -1.26. The normalized spacial score (nSPS) is 10.4. The largest absolute Gasteiger partial charge is 0.481 e. The Kier molecular flexibility index (Phi) is 5.67. The number of benzene rings is 3. The molecule has 0 aromatic heterocycles. The number of hydrogen-bond acceptors (Lipinski definition) is 3. The molecule has 27 heavy (non-hydrogen) atoms. The third kappa shape index (κ3) is 5.05. The molecule has 4 heteroatoms. The number of hydrogen-bond donors (Lipinski definition) is 1. The lowest BCUT2D eigenvalue weighted by Gasteiger charge is -2.10. The van der Waals surface area contributed by atoms with Crippen molar-refractivity contribution >= 4 is 11.9 Å². The first-order valence-corrected chi connectivity index (χ1v) is 8.65. The predicted octanol–water partition coefficient (Wildman–Crippen LogP) is 4.65. The molecule has 0 saturated heterocycles. The molecule has 0 amide bonds. The maximum atomic E-state index is 12.5. The monoisotopic (exact) mass is 360 g/mol. The fourth-order valence-electron chi connectivity index (χ4n) is 2.91. The molecule has 1 N–H and O–H groups in total. The van der Waals surface area contributed by atoms with Crippen LogP contribution in [0.2, 0.25) is 0 Å². The highest BCUT2D eigenvalue weighted by atomic mass is 16.5. The third-order valence-electron chi connectivity index (χ3n) is 4.14. The van der Waals surface area contributed by atoms with E-state index >= 15 is 0 Å². The number of carboxylic acids is 1. The van der Waals surface area contributed by atoms with Gasteiger partial charge < -0.3 is 9.84 Å². The lowest BCUT2D eigenvalue weighted by molar-refractivity contribution is -0.136. The molecule has 3 rings (SSSR count). The second kappa shape index (κ2) is 8.32. The number of carbonyl (C=O) groups is 2. The first kappa shape index (κ1) is 18.4. The quantitative estimate of drug-likeness (QED) is 0.650. The van der Waals surface area contributed by atoms with E-state index in [1.54, 1.807) is 18.2 Å². The average Bonchev–Trinajstić information content (AvgIpc) is 2.66. The van der Waals surface area contributed by atoms with Gasteiger partial charge in [0.05, 0.1) is 12.0 Å². The summed E-state index contributed by atoms with van der Waals surface area (Å²) < 4.78 is 5.42. The minimum atomic E-state index is -0.874. The summed E-state index contributed by atoms with van der Waals surface area (Å²) in [6, 6.07) is 22.4.